The third-order valence-corrected chi connectivity index (χ3v) is 3.89. The second kappa shape index (κ2) is 8.73. The Hall–Kier alpha value is -3.80. The molecule has 140 valence electrons. The van der Waals surface area contributed by atoms with Gasteiger partial charge in [-0.3, -0.25) is 0 Å². The highest BCUT2D eigenvalue weighted by atomic mass is 16.7. The van der Waals surface area contributed by atoms with E-state index in [0.29, 0.717) is 22.6 Å². The molecule has 0 bridgehead atoms. The van der Waals surface area contributed by atoms with E-state index >= 15 is 0 Å². The molecule has 0 atom stereocenters. The summed E-state index contributed by atoms with van der Waals surface area (Å²) in [6.45, 7) is 3.87. The number of aryl methyl sites for hydroxylation is 2. The minimum Gasteiger partial charge on any atom is -0.312 e. The minimum atomic E-state index is -0.541. The smallest absolute Gasteiger partial charge is 0.312 e. The lowest BCUT2D eigenvalue weighted by atomic mass is 10.1. The fourth-order valence-corrected chi connectivity index (χ4v) is 2.25. The zero-order valence-corrected chi connectivity index (χ0v) is 15.5. The van der Waals surface area contributed by atoms with Crippen LogP contribution in [0.4, 0.5) is 0 Å². The van der Waals surface area contributed by atoms with Crippen molar-refractivity contribution in [3.63, 3.8) is 0 Å². The number of allylic oxidation sites excluding steroid dienone is 4. The Morgan fingerprint density at radius 2 is 0.929 bits per heavy atom. The molecule has 0 spiro atoms. The number of hydrogen-bond donors (Lipinski definition) is 0. The van der Waals surface area contributed by atoms with Crippen molar-refractivity contribution in [2.24, 2.45) is 10.3 Å². The lowest BCUT2D eigenvalue weighted by molar-refractivity contribution is 0.0508. The quantitative estimate of drug-likeness (QED) is 0.457. The van der Waals surface area contributed by atoms with Gasteiger partial charge in [0.1, 0.15) is 11.4 Å². The maximum absolute atomic E-state index is 11.9. The van der Waals surface area contributed by atoms with Gasteiger partial charge in [0.2, 0.25) is 0 Å². The Balaban J connectivity index is 1.55. The summed E-state index contributed by atoms with van der Waals surface area (Å²) in [6.07, 6.45) is 6.39. The number of hydrogen-bond acceptors (Lipinski definition) is 6. The van der Waals surface area contributed by atoms with Gasteiger partial charge in [-0.1, -0.05) is 45.7 Å². The molecule has 0 aliphatic heterocycles. The van der Waals surface area contributed by atoms with Gasteiger partial charge in [-0.05, 0) is 62.4 Å². The molecule has 2 aromatic rings. The van der Waals surface area contributed by atoms with E-state index in [0.717, 1.165) is 11.1 Å². The van der Waals surface area contributed by atoms with E-state index in [1.165, 1.54) is 0 Å². The van der Waals surface area contributed by atoms with E-state index in [1.54, 1.807) is 48.6 Å². The molecule has 3 rings (SSSR count). The fourth-order valence-electron chi connectivity index (χ4n) is 2.25. The zero-order valence-electron chi connectivity index (χ0n) is 15.5. The summed E-state index contributed by atoms with van der Waals surface area (Å²) in [7, 11) is 0. The standard InChI is InChI=1S/C22H18N2O4/c1-15-3-7-17(8-4-15)21(25)27-23-19-11-13-20(14-12-19)24-28-22(26)18-9-5-16(2)6-10-18/h3-14H,1-2H3. The van der Waals surface area contributed by atoms with Crippen molar-refractivity contribution < 1.29 is 19.3 Å². The van der Waals surface area contributed by atoms with Crippen LogP contribution in [0.5, 0.6) is 0 Å². The Morgan fingerprint density at radius 3 is 1.25 bits per heavy atom. The summed E-state index contributed by atoms with van der Waals surface area (Å²) in [5.41, 5.74) is 3.81. The van der Waals surface area contributed by atoms with Crippen molar-refractivity contribution in [2.75, 3.05) is 0 Å². The number of rotatable bonds is 4. The summed E-state index contributed by atoms with van der Waals surface area (Å²) in [5.74, 6) is -1.08. The molecule has 0 N–H and O–H groups in total. The van der Waals surface area contributed by atoms with Gasteiger partial charge in [-0.2, -0.15) is 0 Å². The van der Waals surface area contributed by atoms with Crippen LogP contribution in [0.2, 0.25) is 0 Å². The van der Waals surface area contributed by atoms with Gasteiger partial charge in [0.05, 0.1) is 11.1 Å². The first-order valence-electron chi connectivity index (χ1n) is 8.59. The van der Waals surface area contributed by atoms with Gasteiger partial charge in [-0.15, -0.1) is 0 Å². The van der Waals surface area contributed by atoms with Gasteiger partial charge in [0.15, 0.2) is 0 Å². The highest BCUT2D eigenvalue weighted by Gasteiger charge is 2.09. The topological polar surface area (TPSA) is 77.3 Å². The van der Waals surface area contributed by atoms with E-state index in [2.05, 4.69) is 10.3 Å². The third-order valence-electron chi connectivity index (χ3n) is 3.89. The predicted molar refractivity (Wildman–Crippen MR) is 106 cm³/mol. The summed E-state index contributed by atoms with van der Waals surface area (Å²) in [5, 5.41) is 7.60. The molecule has 0 radical (unpaired) electrons. The van der Waals surface area contributed by atoms with Crippen molar-refractivity contribution in [1.82, 2.24) is 0 Å². The Morgan fingerprint density at radius 1 is 0.607 bits per heavy atom. The fraction of sp³-hybridized carbons (Fsp3) is 0.0909. The first-order chi connectivity index (χ1) is 13.5. The van der Waals surface area contributed by atoms with Crippen LogP contribution in [0.3, 0.4) is 0 Å². The molecule has 6 heteroatoms. The monoisotopic (exact) mass is 374 g/mol. The van der Waals surface area contributed by atoms with Crippen molar-refractivity contribution in [1.29, 1.82) is 0 Å². The first kappa shape index (κ1) is 19.0. The molecule has 1 aliphatic rings. The molecule has 0 heterocycles. The number of benzene rings is 2. The van der Waals surface area contributed by atoms with Crippen LogP contribution in [0.25, 0.3) is 0 Å². The molecule has 6 nitrogen and oxygen atoms in total. The highest BCUT2D eigenvalue weighted by molar-refractivity contribution is 6.18. The molecule has 2 aromatic carbocycles. The van der Waals surface area contributed by atoms with E-state index in [4.69, 9.17) is 9.68 Å². The minimum absolute atomic E-state index is 0.420. The molecular formula is C22H18N2O4. The summed E-state index contributed by atoms with van der Waals surface area (Å²) >= 11 is 0. The van der Waals surface area contributed by atoms with Gasteiger partial charge in [-0.25, -0.2) is 9.59 Å². The lowest BCUT2D eigenvalue weighted by Gasteiger charge is -2.03. The van der Waals surface area contributed by atoms with E-state index in [1.807, 2.05) is 38.1 Å². The molecule has 28 heavy (non-hydrogen) atoms. The SMILES string of the molecule is Cc1ccc(C(=O)ON=C2C=CC(=NOC(=O)c3ccc(C)cc3)C=C2)cc1. The molecule has 1 aliphatic carbocycles. The number of nitrogens with zero attached hydrogens (tertiary/aromatic N) is 2. The first-order valence-corrected chi connectivity index (χ1v) is 8.59. The van der Waals surface area contributed by atoms with Gasteiger partial charge < -0.3 is 9.68 Å². The second-order valence-corrected chi connectivity index (χ2v) is 6.19. The van der Waals surface area contributed by atoms with Crippen LogP contribution < -0.4 is 0 Å². The lowest BCUT2D eigenvalue weighted by Crippen LogP contribution is -2.07. The Bertz CT molecular complexity index is 898. The Labute approximate surface area is 162 Å². The molecule has 0 saturated carbocycles. The molecule has 0 saturated heterocycles. The average molecular weight is 374 g/mol. The van der Waals surface area contributed by atoms with Crippen LogP contribution in [0, 0.1) is 13.8 Å². The number of carbonyl (C=O) groups is 2. The van der Waals surface area contributed by atoms with Gasteiger partial charge in [0, 0.05) is 0 Å². The number of oxime groups is 2. The summed E-state index contributed by atoms with van der Waals surface area (Å²) in [4.78, 5) is 33.7. The van der Waals surface area contributed by atoms with Crippen molar-refractivity contribution in [2.45, 2.75) is 13.8 Å². The van der Waals surface area contributed by atoms with Crippen molar-refractivity contribution in [3.05, 3.63) is 95.1 Å². The highest BCUT2D eigenvalue weighted by Crippen LogP contribution is 2.08. The molecule has 0 unspecified atom stereocenters. The summed E-state index contributed by atoms with van der Waals surface area (Å²) in [6, 6.07) is 14.0. The van der Waals surface area contributed by atoms with Crippen LogP contribution in [0.15, 0.2) is 83.1 Å². The van der Waals surface area contributed by atoms with E-state index in [9.17, 15) is 9.59 Å². The molecular weight excluding hydrogens is 356 g/mol. The van der Waals surface area contributed by atoms with Crippen molar-refractivity contribution in [3.8, 4) is 0 Å². The van der Waals surface area contributed by atoms with Crippen LogP contribution in [-0.4, -0.2) is 23.4 Å². The van der Waals surface area contributed by atoms with Gasteiger partial charge in [0.25, 0.3) is 0 Å². The second-order valence-electron chi connectivity index (χ2n) is 6.19. The van der Waals surface area contributed by atoms with Crippen LogP contribution >= 0.6 is 0 Å². The van der Waals surface area contributed by atoms with Crippen LogP contribution in [0.1, 0.15) is 31.8 Å². The Kier molecular flexibility index (Phi) is 5.91. The molecule has 0 fully saturated rings. The largest absolute Gasteiger partial charge is 0.365 e. The zero-order chi connectivity index (χ0) is 19.9. The van der Waals surface area contributed by atoms with E-state index < -0.39 is 11.9 Å². The predicted octanol–water partition coefficient (Wildman–Crippen LogP) is 4.16. The van der Waals surface area contributed by atoms with Crippen LogP contribution in [-0.2, 0) is 9.68 Å². The number of carbonyl (C=O) groups excluding carboxylic acids is 2. The molecule has 0 aromatic heterocycles. The average Bonchev–Trinajstić information content (AvgIpc) is 2.72. The van der Waals surface area contributed by atoms with Crippen molar-refractivity contribution >= 4 is 23.4 Å². The third kappa shape index (κ3) is 5.11. The normalized spacial score (nSPS) is 12.5. The molecule has 0 amide bonds. The van der Waals surface area contributed by atoms with Gasteiger partial charge >= 0.3 is 11.9 Å². The maximum Gasteiger partial charge on any atom is 0.365 e. The van der Waals surface area contributed by atoms with E-state index in [-0.39, 0.29) is 0 Å². The summed E-state index contributed by atoms with van der Waals surface area (Å²) < 4.78 is 0. The maximum atomic E-state index is 11.9.